The smallest absolute Gasteiger partial charge is 0.191 e. The lowest BCUT2D eigenvalue weighted by Crippen LogP contribution is -2.40. The van der Waals surface area contributed by atoms with Gasteiger partial charge in [-0.15, -0.1) is 0 Å². The highest BCUT2D eigenvalue weighted by atomic mass is 16.5. The zero-order valence-corrected chi connectivity index (χ0v) is 15.8. The van der Waals surface area contributed by atoms with E-state index >= 15 is 0 Å². The minimum atomic E-state index is 0.181. The zero-order chi connectivity index (χ0) is 18.4. The summed E-state index contributed by atoms with van der Waals surface area (Å²) in [5.74, 6) is 2.97. The molecule has 1 aromatic carbocycles. The van der Waals surface area contributed by atoms with Crippen LogP contribution in [0.3, 0.4) is 0 Å². The Morgan fingerprint density at radius 1 is 1.31 bits per heavy atom. The van der Waals surface area contributed by atoms with Gasteiger partial charge in [-0.25, -0.2) is 0 Å². The Hall–Kier alpha value is -2.50. The fraction of sp³-hybridized carbons (Fsp3) is 0.500. The minimum Gasteiger partial charge on any atom is -0.493 e. The maximum Gasteiger partial charge on any atom is 0.191 e. The van der Waals surface area contributed by atoms with Crippen molar-refractivity contribution in [2.75, 3.05) is 13.7 Å². The van der Waals surface area contributed by atoms with E-state index in [9.17, 15) is 0 Å². The third-order valence-corrected chi connectivity index (χ3v) is 4.90. The van der Waals surface area contributed by atoms with Crippen LogP contribution >= 0.6 is 0 Å². The molecule has 0 saturated heterocycles. The molecule has 1 atom stereocenters. The van der Waals surface area contributed by atoms with Gasteiger partial charge in [-0.1, -0.05) is 37.2 Å². The number of nitrogens with one attached hydrogen (secondary N) is 2. The van der Waals surface area contributed by atoms with Crippen molar-refractivity contribution in [2.24, 2.45) is 4.99 Å². The molecule has 1 aliphatic rings. The van der Waals surface area contributed by atoms with Crippen LogP contribution in [0.4, 0.5) is 0 Å². The Kier molecular flexibility index (Phi) is 6.15. The molecule has 0 fully saturated rings. The average molecular weight is 356 g/mol. The van der Waals surface area contributed by atoms with Crippen LogP contribution in [0.5, 0.6) is 5.75 Å². The summed E-state index contributed by atoms with van der Waals surface area (Å²) in [5.41, 5.74) is 2.20. The van der Waals surface area contributed by atoms with Crippen molar-refractivity contribution < 1.29 is 9.26 Å². The van der Waals surface area contributed by atoms with Crippen molar-refractivity contribution >= 4 is 5.96 Å². The maximum absolute atomic E-state index is 5.72. The van der Waals surface area contributed by atoms with E-state index in [0.717, 1.165) is 48.0 Å². The SMILES string of the molecule is CCC(CC)c1cc(CNC(=NC)NC2CCOc3ccccc32)on1. The Bertz CT molecular complexity index is 737. The summed E-state index contributed by atoms with van der Waals surface area (Å²) in [6, 6.07) is 10.4. The van der Waals surface area contributed by atoms with E-state index in [-0.39, 0.29) is 6.04 Å². The van der Waals surface area contributed by atoms with Crippen LogP contribution < -0.4 is 15.4 Å². The van der Waals surface area contributed by atoms with Gasteiger partial charge in [0.2, 0.25) is 0 Å². The molecule has 1 aliphatic heterocycles. The summed E-state index contributed by atoms with van der Waals surface area (Å²) in [4.78, 5) is 4.34. The van der Waals surface area contributed by atoms with Crippen molar-refractivity contribution in [1.82, 2.24) is 15.8 Å². The molecule has 0 radical (unpaired) electrons. The topological polar surface area (TPSA) is 71.7 Å². The lowest BCUT2D eigenvalue weighted by molar-refractivity contribution is 0.261. The molecule has 2 N–H and O–H groups in total. The summed E-state index contributed by atoms with van der Waals surface area (Å²) in [6.07, 6.45) is 3.05. The first kappa shape index (κ1) is 18.3. The number of hydrogen-bond donors (Lipinski definition) is 2. The second-order valence-electron chi connectivity index (χ2n) is 6.53. The molecule has 0 aliphatic carbocycles. The number of benzene rings is 1. The van der Waals surface area contributed by atoms with Crippen molar-refractivity contribution in [3.8, 4) is 5.75 Å². The normalized spacial score (nSPS) is 16.9. The number of nitrogens with zero attached hydrogens (tertiary/aromatic N) is 2. The highest BCUT2D eigenvalue weighted by molar-refractivity contribution is 5.80. The first-order chi connectivity index (χ1) is 12.7. The van der Waals surface area contributed by atoms with Gasteiger partial charge in [-0.05, 0) is 18.9 Å². The van der Waals surface area contributed by atoms with Crippen molar-refractivity contribution in [3.63, 3.8) is 0 Å². The van der Waals surface area contributed by atoms with Gasteiger partial charge in [0.25, 0.3) is 0 Å². The van der Waals surface area contributed by atoms with E-state index in [1.165, 1.54) is 0 Å². The molecule has 140 valence electrons. The second-order valence-corrected chi connectivity index (χ2v) is 6.53. The van der Waals surface area contributed by atoms with Crippen LogP contribution in [0.15, 0.2) is 39.8 Å². The van der Waals surface area contributed by atoms with Crippen LogP contribution in [0, 0.1) is 0 Å². The van der Waals surface area contributed by atoms with E-state index in [1.54, 1.807) is 7.05 Å². The molecule has 1 aromatic heterocycles. The highest BCUT2D eigenvalue weighted by Crippen LogP contribution is 2.31. The number of hydrogen-bond acceptors (Lipinski definition) is 4. The predicted octanol–water partition coefficient (Wildman–Crippen LogP) is 3.77. The Morgan fingerprint density at radius 2 is 2.12 bits per heavy atom. The van der Waals surface area contributed by atoms with Gasteiger partial charge in [-0.2, -0.15) is 0 Å². The molecular formula is C20H28N4O2. The summed E-state index contributed by atoms with van der Waals surface area (Å²) in [5, 5.41) is 11.0. The summed E-state index contributed by atoms with van der Waals surface area (Å²) in [7, 11) is 1.77. The monoisotopic (exact) mass is 356 g/mol. The van der Waals surface area contributed by atoms with Crippen LogP contribution in [-0.2, 0) is 6.54 Å². The Labute approximate surface area is 155 Å². The van der Waals surface area contributed by atoms with Gasteiger partial charge in [-0.3, -0.25) is 4.99 Å². The molecule has 0 amide bonds. The van der Waals surface area contributed by atoms with Crippen LogP contribution in [0.1, 0.15) is 62.1 Å². The van der Waals surface area contributed by atoms with E-state index < -0.39 is 0 Å². The third kappa shape index (κ3) is 4.18. The minimum absolute atomic E-state index is 0.181. The third-order valence-electron chi connectivity index (χ3n) is 4.90. The molecule has 6 heteroatoms. The average Bonchev–Trinajstić information content (AvgIpc) is 3.15. The molecule has 2 heterocycles. The van der Waals surface area contributed by atoms with Crippen LogP contribution in [0.2, 0.25) is 0 Å². The number of aliphatic imine (C=N–C) groups is 1. The molecule has 3 rings (SSSR count). The van der Waals surface area contributed by atoms with E-state index in [4.69, 9.17) is 9.26 Å². The predicted molar refractivity (Wildman–Crippen MR) is 102 cm³/mol. The number of aromatic nitrogens is 1. The van der Waals surface area contributed by atoms with E-state index in [2.05, 4.69) is 40.7 Å². The maximum atomic E-state index is 5.72. The van der Waals surface area contributed by atoms with Crippen molar-refractivity contribution in [3.05, 3.63) is 47.3 Å². The second kappa shape index (κ2) is 8.74. The first-order valence-electron chi connectivity index (χ1n) is 9.39. The summed E-state index contributed by atoms with van der Waals surface area (Å²) in [6.45, 7) is 5.61. The van der Waals surface area contributed by atoms with Gasteiger partial charge in [0, 0.05) is 31.0 Å². The van der Waals surface area contributed by atoms with Crippen molar-refractivity contribution in [1.29, 1.82) is 0 Å². The fourth-order valence-electron chi connectivity index (χ4n) is 3.33. The molecular weight excluding hydrogens is 328 g/mol. The molecule has 26 heavy (non-hydrogen) atoms. The summed E-state index contributed by atoms with van der Waals surface area (Å²) >= 11 is 0. The number of fused-ring (bicyclic) bond motifs is 1. The number of rotatable bonds is 6. The van der Waals surface area contributed by atoms with Gasteiger partial charge in [0.1, 0.15) is 5.75 Å². The largest absolute Gasteiger partial charge is 0.493 e. The molecule has 0 saturated carbocycles. The number of para-hydroxylation sites is 1. The summed E-state index contributed by atoms with van der Waals surface area (Å²) < 4.78 is 11.2. The molecule has 0 spiro atoms. The lowest BCUT2D eigenvalue weighted by Gasteiger charge is -2.27. The van der Waals surface area contributed by atoms with Gasteiger partial charge < -0.3 is 19.9 Å². The number of ether oxygens (including phenoxy) is 1. The van der Waals surface area contributed by atoms with Gasteiger partial charge in [0.05, 0.1) is 24.9 Å². The van der Waals surface area contributed by atoms with E-state index in [1.807, 2.05) is 24.3 Å². The van der Waals surface area contributed by atoms with E-state index in [0.29, 0.717) is 19.1 Å². The quantitative estimate of drug-likeness (QED) is 0.609. The molecule has 2 aromatic rings. The standard InChI is InChI=1S/C20H28N4O2/c1-4-14(5-2)18-12-15(26-24-18)13-22-20(21-3)23-17-10-11-25-19-9-7-6-8-16(17)19/h6-9,12,14,17H,4-5,10-11,13H2,1-3H3,(H2,21,22,23). The van der Waals surface area contributed by atoms with Crippen LogP contribution in [-0.4, -0.2) is 24.8 Å². The van der Waals surface area contributed by atoms with Gasteiger partial charge >= 0.3 is 0 Å². The Balaban J connectivity index is 1.60. The molecule has 6 nitrogen and oxygen atoms in total. The first-order valence-corrected chi connectivity index (χ1v) is 9.39. The fourth-order valence-corrected chi connectivity index (χ4v) is 3.33. The Morgan fingerprint density at radius 3 is 2.88 bits per heavy atom. The highest BCUT2D eigenvalue weighted by Gasteiger charge is 2.22. The van der Waals surface area contributed by atoms with Crippen molar-refractivity contribution in [2.45, 2.75) is 51.6 Å². The lowest BCUT2D eigenvalue weighted by atomic mass is 9.99. The number of guanidine groups is 1. The zero-order valence-electron chi connectivity index (χ0n) is 15.8. The van der Waals surface area contributed by atoms with Crippen LogP contribution in [0.25, 0.3) is 0 Å². The molecule has 0 bridgehead atoms. The molecule has 1 unspecified atom stereocenters. The van der Waals surface area contributed by atoms with Gasteiger partial charge in [0.15, 0.2) is 11.7 Å².